The van der Waals surface area contributed by atoms with E-state index in [9.17, 15) is 23.9 Å². The predicted molar refractivity (Wildman–Crippen MR) is 137 cm³/mol. The molecule has 5 N–H and O–H groups in total. The number of aromatic hydroxyl groups is 1. The molecular formula is C27H26FN3O6. The highest BCUT2D eigenvalue weighted by Crippen LogP contribution is 2.29. The van der Waals surface area contributed by atoms with Gasteiger partial charge in [-0.2, -0.15) is 0 Å². The maximum Gasteiger partial charge on any atom is 0.412 e. The first-order valence-electron chi connectivity index (χ1n) is 11.1. The second kappa shape index (κ2) is 12.3. The summed E-state index contributed by atoms with van der Waals surface area (Å²) in [4.78, 5) is 36.6. The third-order valence-electron chi connectivity index (χ3n) is 5.30. The molecule has 0 aromatic heterocycles. The van der Waals surface area contributed by atoms with Crippen LogP contribution in [-0.2, 0) is 14.3 Å². The number of hydrogen-bond donors (Lipinski definition) is 4. The third-order valence-corrected chi connectivity index (χ3v) is 5.30. The minimum absolute atomic E-state index is 0.128. The van der Waals surface area contributed by atoms with E-state index in [-0.39, 0.29) is 11.3 Å². The Hall–Kier alpha value is -4.70. The van der Waals surface area contributed by atoms with Crippen molar-refractivity contribution in [3.63, 3.8) is 0 Å². The average Bonchev–Trinajstić information content (AvgIpc) is 2.87. The Bertz CT molecular complexity index is 1310. The Balaban J connectivity index is 1.80. The van der Waals surface area contributed by atoms with E-state index in [1.54, 1.807) is 36.4 Å². The van der Waals surface area contributed by atoms with E-state index in [0.717, 1.165) is 12.1 Å². The van der Waals surface area contributed by atoms with Gasteiger partial charge in [-0.15, -0.1) is 0 Å². The van der Waals surface area contributed by atoms with Crippen molar-refractivity contribution < 1.29 is 33.4 Å². The summed E-state index contributed by atoms with van der Waals surface area (Å²) in [6.45, 7) is 1.42. The van der Waals surface area contributed by atoms with Gasteiger partial charge in [0.2, 0.25) is 5.91 Å². The van der Waals surface area contributed by atoms with Crippen LogP contribution >= 0.6 is 0 Å². The number of phenols is 1. The molecule has 192 valence electrons. The van der Waals surface area contributed by atoms with Crippen LogP contribution in [-0.4, -0.2) is 36.1 Å². The lowest BCUT2D eigenvalue weighted by Crippen LogP contribution is -2.27. The van der Waals surface area contributed by atoms with Crippen molar-refractivity contribution in [1.82, 2.24) is 0 Å². The molecule has 3 aromatic rings. The van der Waals surface area contributed by atoms with Crippen molar-refractivity contribution in [2.75, 3.05) is 23.5 Å². The summed E-state index contributed by atoms with van der Waals surface area (Å²) in [6, 6.07) is 16.3. The number of rotatable bonds is 9. The number of amides is 2. The van der Waals surface area contributed by atoms with Gasteiger partial charge < -0.3 is 25.6 Å². The number of para-hydroxylation sites is 2. The van der Waals surface area contributed by atoms with Gasteiger partial charge in [-0.05, 0) is 67.1 Å². The van der Waals surface area contributed by atoms with E-state index in [2.05, 4.69) is 10.6 Å². The molecule has 0 aliphatic carbocycles. The Labute approximate surface area is 212 Å². The van der Waals surface area contributed by atoms with Gasteiger partial charge in [-0.25, -0.2) is 9.18 Å². The molecule has 0 aliphatic heterocycles. The molecule has 0 aliphatic rings. The number of anilines is 3. The molecule has 2 atom stereocenters. The summed E-state index contributed by atoms with van der Waals surface area (Å²) in [5.74, 6) is -2.16. The summed E-state index contributed by atoms with van der Waals surface area (Å²) < 4.78 is 25.1. The van der Waals surface area contributed by atoms with Crippen LogP contribution in [0.15, 0.2) is 78.9 Å². The van der Waals surface area contributed by atoms with Crippen LogP contribution in [0.4, 0.5) is 26.2 Å². The lowest BCUT2D eigenvalue weighted by molar-refractivity contribution is -0.112. The molecule has 0 spiro atoms. The maximum atomic E-state index is 14.1. The maximum absolute atomic E-state index is 14.1. The van der Waals surface area contributed by atoms with Crippen LogP contribution in [0.2, 0.25) is 0 Å². The quantitative estimate of drug-likeness (QED) is 0.185. The number of benzene rings is 3. The minimum atomic E-state index is -1.21. The molecule has 0 saturated heterocycles. The number of ketones is 1. The lowest BCUT2D eigenvalue weighted by atomic mass is 10.0. The van der Waals surface area contributed by atoms with Crippen LogP contribution in [0.1, 0.15) is 28.9 Å². The predicted octanol–water partition coefficient (Wildman–Crippen LogP) is 4.82. The van der Waals surface area contributed by atoms with Crippen LogP contribution < -0.4 is 16.4 Å². The summed E-state index contributed by atoms with van der Waals surface area (Å²) >= 11 is 0. The number of halogens is 1. The first kappa shape index (κ1) is 26.9. The number of phenolic OH excluding ortho intramolecular Hbond substituents is 1. The van der Waals surface area contributed by atoms with E-state index in [0.29, 0.717) is 22.6 Å². The molecule has 2 amide bonds. The highest BCUT2D eigenvalue weighted by atomic mass is 19.1. The van der Waals surface area contributed by atoms with Gasteiger partial charge >= 0.3 is 6.09 Å². The summed E-state index contributed by atoms with van der Waals surface area (Å²) in [7, 11) is 1.33. The van der Waals surface area contributed by atoms with E-state index in [4.69, 9.17) is 15.2 Å². The van der Waals surface area contributed by atoms with Crippen molar-refractivity contribution in [2.24, 2.45) is 0 Å². The zero-order valence-electron chi connectivity index (χ0n) is 20.1. The van der Waals surface area contributed by atoms with Crippen LogP contribution in [0, 0.1) is 5.82 Å². The normalized spacial score (nSPS) is 12.5. The fourth-order valence-corrected chi connectivity index (χ4v) is 3.35. The SMILES string of the molecule is CO[C@@H](/C=C/C(=O)Nc1ccccc1N)[C@@H](OC(=O)Nc1ccc(C(C)=O)cc1)c1ccc(O)c(F)c1. The van der Waals surface area contributed by atoms with Gasteiger partial charge in [0.05, 0.1) is 11.4 Å². The fourth-order valence-electron chi connectivity index (χ4n) is 3.35. The third kappa shape index (κ3) is 7.39. The van der Waals surface area contributed by atoms with Crippen LogP contribution in [0.3, 0.4) is 0 Å². The second-order valence-electron chi connectivity index (χ2n) is 7.93. The van der Waals surface area contributed by atoms with Gasteiger partial charge in [0.1, 0.15) is 6.10 Å². The zero-order valence-corrected chi connectivity index (χ0v) is 20.1. The summed E-state index contributed by atoms with van der Waals surface area (Å²) in [6.07, 6.45) is -0.604. The Kier molecular flexibility index (Phi) is 8.95. The number of hydrogen-bond acceptors (Lipinski definition) is 7. The molecule has 10 heteroatoms. The van der Waals surface area contributed by atoms with E-state index in [1.807, 2.05) is 0 Å². The topological polar surface area (TPSA) is 140 Å². The number of ether oxygens (including phenoxy) is 2. The van der Waals surface area contributed by atoms with E-state index >= 15 is 0 Å². The number of methoxy groups -OCH3 is 1. The fraction of sp³-hybridized carbons (Fsp3) is 0.148. The van der Waals surface area contributed by atoms with Crippen molar-refractivity contribution in [2.45, 2.75) is 19.1 Å². The van der Waals surface area contributed by atoms with Crippen LogP contribution in [0.25, 0.3) is 0 Å². The van der Waals surface area contributed by atoms with Crippen molar-refractivity contribution >= 4 is 34.8 Å². The molecular weight excluding hydrogens is 481 g/mol. The molecule has 9 nitrogen and oxygen atoms in total. The van der Waals surface area contributed by atoms with Crippen molar-refractivity contribution in [3.8, 4) is 5.75 Å². The highest BCUT2D eigenvalue weighted by molar-refractivity contribution is 6.01. The lowest BCUT2D eigenvalue weighted by Gasteiger charge is -2.24. The summed E-state index contributed by atoms with van der Waals surface area (Å²) in [5.41, 5.74) is 7.62. The number of nitrogen functional groups attached to an aromatic ring is 1. The minimum Gasteiger partial charge on any atom is -0.505 e. The van der Waals surface area contributed by atoms with Gasteiger partial charge in [-0.1, -0.05) is 18.2 Å². The van der Waals surface area contributed by atoms with Crippen molar-refractivity contribution in [1.29, 1.82) is 0 Å². The molecule has 0 bridgehead atoms. The number of carbonyl (C=O) groups is 3. The summed E-state index contributed by atoms with van der Waals surface area (Å²) in [5, 5.41) is 14.7. The number of Topliss-reactive ketones (excluding diaryl/α,β-unsaturated/α-hetero) is 1. The average molecular weight is 508 g/mol. The zero-order chi connectivity index (χ0) is 26.9. The Morgan fingerprint density at radius 2 is 1.73 bits per heavy atom. The van der Waals surface area contributed by atoms with Gasteiger partial charge in [0, 0.05) is 24.4 Å². The van der Waals surface area contributed by atoms with Gasteiger partial charge in [0.25, 0.3) is 0 Å². The Morgan fingerprint density at radius 3 is 2.35 bits per heavy atom. The molecule has 0 heterocycles. The number of carbonyl (C=O) groups excluding carboxylic acids is 3. The number of nitrogens with one attached hydrogen (secondary N) is 2. The molecule has 0 fully saturated rings. The van der Waals surface area contributed by atoms with Crippen LogP contribution in [0.5, 0.6) is 5.75 Å². The molecule has 37 heavy (non-hydrogen) atoms. The van der Waals surface area contributed by atoms with Gasteiger partial charge in [0.15, 0.2) is 23.5 Å². The largest absolute Gasteiger partial charge is 0.505 e. The first-order chi connectivity index (χ1) is 17.7. The van der Waals surface area contributed by atoms with E-state index < -0.39 is 35.8 Å². The van der Waals surface area contributed by atoms with Crippen molar-refractivity contribution in [3.05, 3.63) is 95.8 Å². The second-order valence-corrected chi connectivity index (χ2v) is 7.93. The molecule has 0 radical (unpaired) electrons. The van der Waals surface area contributed by atoms with Gasteiger partial charge in [-0.3, -0.25) is 14.9 Å². The standard InChI is InChI=1S/C27H26FN3O6/c1-16(32)17-7-10-19(11-8-17)30-27(35)37-26(18-9-12-23(33)20(28)15-18)24(36-2)13-14-25(34)31-22-6-4-3-5-21(22)29/h3-15,24,26,33H,29H2,1-2H3,(H,30,35)(H,31,34)/b14-13+/t24-,26-/m0/s1. The van der Waals surface area contributed by atoms with E-state index in [1.165, 1.54) is 44.4 Å². The number of nitrogens with two attached hydrogens (primary N) is 1. The molecule has 0 saturated carbocycles. The molecule has 3 aromatic carbocycles. The highest BCUT2D eigenvalue weighted by Gasteiger charge is 2.27. The molecule has 3 rings (SSSR count). The first-order valence-corrected chi connectivity index (χ1v) is 11.1. The smallest absolute Gasteiger partial charge is 0.412 e. The Morgan fingerprint density at radius 1 is 1.03 bits per heavy atom. The molecule has 0 unspecified atom stereocenters. The monoisotopic (exact) mass is 507 g/mol.